The Morgan fingerprint density at radius 3 is 2.72 bits per heavy atom. The summed E-state index contributed by atoms with van der Waals surface area (Å²) in [5.74, 6) is 1.43. The smallest absolute Gasteiger partial charge is 0.0437 e. The fourth-order valence-corrected chi connectivity index (χ4v) is 3.66. The van der Waals surface area contributed by atoms with Crippen LogP contribution in [0.3, 0.4) is 0 Å². The zero-order valence-corrected chi connectivity index (χ0v) is 11.0. The van der Waals surface area contributed by atoms with Gasteiger partial charge in [0.1, 0.15) is 0 Å². The highest BCUT2D eigenvalue weighted by Crippen LogP contribution is 2.39. The van der Waals surface area contributed by atoms with Crippen molar-refractivity contribution in [2.45, 2.75) is 38.0 Å². The number of fused-ring (bicyclic) bond motifs is 1. The SMILES string of the molecule is OCCC1CN(CC2CCCC2)c2ccccc21. The van der Waals surface area contributed by atoms with Crippen molar-refractivity contribution in [3.63, 3.8) is 0 Å². The number of benzene rings is 1. The van der Waals surface area contributed by atoms with Crippen LogP contribution in [0, 0.1) is 5.92 Å². The van der Waals surface area contributed by atoms with Crippen LogP contribution in [0.1, 0.15) is 43.6 Å². The highest BCUT2D eigenvalue weighted by Gasteiger charge is 2.29. The van der Waals surface area contributed by atoms with Crippen molar-refractivity contribution in [1.82, 2.24) is 0 Å². The first-order chi connectivity index (χ1) is 8.88. The van der Waals surface area contributed by atoms with Crippen molar-refractivity contribution >= 4 is 5.69 Å². The summed E-state index contributed by atoms with van der Waals surface area (Å²) in [5, 5.41) is 9.20. The molecule has 1 unspecified atom stereocenters. The molecule has 1 saturated carbocycles. The van der Waals surface area contributed by atoms with Gasteiger partial charge in [-0.3, -0.25) is 0 Å². The molecule has 1 heterocycles. The Bertz CT molecular complexity index is 398. The van der Waals surface area contributed by atoms with Crippen molar-refractivity contribution in [1.29, 1.82) is 0 Å². The Morgan fingerprint density at radius 1 is 1.17 bits per heavy atom. The Labute approximate surface area is 110 Å². The molecule has 0 radical (unpaired) electrons. The van der Waals surface area contributed by atoms with Crippen molar-refractivity contribution < 1.29 is 5.11 Å². The summed E-state index contributed by atoms with van der Waals surface area (Å²) in [7, 11) is 0. The second-order valence-electron chi connectivity index (χ2n) is 5.82. The van der Waals surface area contributed by atoms with E-state index < -0.39 is 0 Å². The number of para-hydroxylation sites is 1. The third kappa shape index (κ3) is 2.26. The fourth-order valence-electron chi connectivity index (χ4n) is 3.66. The van der Waals surface area contributed by atoms with E-state index in [1.54, 1.807) is 0 Å². The largest absolute Gasteiger partial charge is 0.396 e. The molecule has 0 spiro atoms. The molecule has 2 aliphatic rings. The molecule has 18 heavy (non-hydrogen) atoms. The number of nitrogens with zero attached hydrogens (tertiary/aromatic N) is 1. The molecule has 1 aromatic rings. The van der Waals surface area contributed by atoms with Crippen LogP contribution in [0.5, 0.6) is 0 Å². The van der Waals surface area contributed by atoms with Crippen LogP contribution >= 0.6 is 0 Å². The minimum Gasteiger partial charge on any atom is -0.396 e. The van der Waals surface area contributed by atoms with E-state index in [0.29, 0.717) is 12.5 Å². The first kappa shape index (κ1) is 12.0. The van der Waals surface area contributed by atoms with Crippen LogP contribution < -0.4 is 4.90 Å². The fraction of sp³-hybridized carbons (Fsp3) is 0.625. The van der Waals surface area contributed by atoms with Gasteiger partial charge in [0.25, 0.3) is 0 Å². The Balaban J connectivity index is 1.76. The molecule has 2 nitrogen and oxygen atoms in total. The maximum atomic E-state index is 9.20. The topological polar surface area (TPSA) is 23.5 Å². The third-order valence-corrected chi connectivity index (χ3v) is 4.59. The zero-order valence-electron chi connectivity index (χ0n) is 11.0. The molecule has 0 saturated heterocycles. The highest BCUT2D eigenvalue weighted by atomic mass is 16.3. The van der Waals surface area contributed by atoms with E-state index in [0.717, 1.165) is 18.9 Å². The monoisotopic (exact) mass is 245 g/mol. The predicted molar refractivity (Wildman–Crippen MR) is 75.1 cm³/mol. The van der Waals surface area contributed by atoms with Crippen molar-refractivity contribution in [3.8, 4) is 0 Å². The summed E-state index contributed by atoms with van der Waals surface area (Å²) in [4.78, 5) is 2.56. The van der Waals surface area contributed by atoms with Gasteiger partial charge in [-0.15, -0.1) is 0 Å². The Kier molecular flexibility index (Phi) is 3.55. The van der Waals surface area contributed by atoms with Gasteiger partial charge in [-0.05, 0) is 36.8 Å². The average molecular weight is 245 g/mol. The van der Waals surface area contributed by atoms with Gasteiger partial charge in [0, 0.05) is 31.3 Å². The first-order valence-corrected chi connectivity index (χ1v) is 7.33. The molecule has 2 heteroatoms. The van der Waals surface area contributed by atoms with Crippen LogP contribution in [-0.2, 0) is 0 Å². The molecule has 0 aromatic heterocycles. The average Bonchev–Trinajstić information content (AvgIpc) is 3.00. The standard InChI is InChI=1S/C16H23NO/c18-10-9-14-12-17(11-13-5-1-2-6-13)16-8-4-3-7-15(14)16/h3-4,7-8,13-14,18H,1-2,5-6,9-12H2. The molecular weight excluding hydrogens is 222 g/mol. The van der Waals surface area contributed by atoms with Crippen LogP contribution in [-0.4, -0.2) is 24.8 Å². The molecule has 1 aliphatic heterocycles. The molecular formula is C16H23NO. The van der Waals surface area contributed by atoms with Crippen LogP contribution in [0.2, 0.25) is 0 Å². The number of rotatable bonds is 4. The zero-order chi connectivity index (χ0) is 12.4. The molecule has 0 amide bonds. The van der Waals surface area contributed by atoms with Crippen molar-refractivity contribution in [3.05, 3.63) is 29.8 Å². The molecule has 1 N–H and O–H groups in total. The van der Waals surface area contributed by atoms with Crippen molar-refractivity contribution in [2.75, 3.05) is 24.6 Å². The lowest BCUT2D eigenvalue weighted by Gasteiger charge is -2.23. The number of anilines is 1. The van der Waals surface area contributed by atoms with Gasteiger partial charge >= 0.3 is 0 Å². The van der Waals surface area contributed by atoms with E-state index in [2.05, 4.69) is 29.2 Å². The van der Waals surface area contributed by atoms with Gasteiger partial charge in [0.2, 0.25) is 0 Å². The molecule has 1 aliphatic carbocycles. The quantitative estimate of drug-likeness (QED) is 0.880. The Hall–Kier alpha value is -1.02. The summed E-state index contributed by atoms with van der Waals surface area (Å²) in [6, 6.07) is 8.76. The maximum absolute atomic E-state index is 9.20. The molecule has 1 aromatic carbocycles. The molecule has 1 atom stereocenters. The van der Waals surface area contributed by atoms with Gasteiger partial charge in [-0.1, -0.05) is 31.0 Å². The summed E-state index contributed by atoms with van der Waals surface area (Å²) in [5.41, 5.74) is 2.87. The Morgan fingerprint density at radius 2 is 1.94 bits per heavy atom. The lowest BCUT2D eigenvalue weighted by Crippen LogP contribution is -2.27. The summed E-state index contributed by atoms with van der Waals surface area (Å²) >= 11 is 0. The van der Waals surface area contributed by atoms with E-state index >= 15 is 0 Å². The lowest BCUT2D eigenvalue weighted by molar-refractivity contribution is 0.277. The maximum Gasteiger partial charge on any atom is 0.0437 e. The summed E-state index contributed by atoms with van der Waals surface area (Å²) in [6.45, 7) is 2.63. The minimum absolute atomic E-state index is 0.302. The first-order valence-electron chi connectivity index (χ1n) is 7.33. The molecule has 3 rings (SSSR count). The van der Waals surface area contributed by atoms with E-state index in [1.165, 1.54) is 43.5 Å². The second kappa shape index (κ2) is 5.31. The van der Waals surface area contributed by atoms with E-state index in [-0.39, 0.29) is 0 Å². The molecule has 1 fully saturated rings. The summed E-state index contributed by atoms with van der Waals surface area (Å²) < 4.78 is 0. The van der Waals surface area contributed by atoms with E-state index in [4.69, 9.17) is 0 Å². The van der Waals surface area contributed by atoms with Gasteiger partial charge in [-0.25, -0.2) is 0 Å². The lowest BCUT2D eigenvalue weighted by atomic mass is 9.99. The van der Waals surface area contributed by atoms with Gasteiger partial charge in [0.15, 0.2) is 0 Å². The number of aliphatic hydroxyl groups is 1. The van der Waals surface area contributed by atoms with Crippen LogP contribution in [0.15, 0.2) is 24.3 Å². The normalized spacial score (nSPS) is 23.6. The van der Waals surface area contributed by atoms with Crippen molar-refractivity contribution in [2.24, 2.45) is 5.92 Å². The van der Waals surface area contributed by atoms with Crippen LogP contribution in [0.4, 0.5) is 5.69 Å². The third-order valence-electron chi connectivity index (χ3n) is 4.59. The molecule has 98 valence electrons. The predicted octanol–water partition coefficient (Wildman–Crippen LogP) is 3.16. The number of hydrogen-bond donors (Lipinski definition) is 1. The van der Waals surface area contributed by atoms with Gasteiger partial charge in [0.05, 0.1) is 0 Å². The van der Waals surface area contributed by atoms with E-state index in [9.17, 15) is 5.11 Å². The number of hydrogen-bond acceptors (Lipinski definition) is 2. The van der Waals surface area contributed by atoms with E-state index in [1.807, 2.05) is 0 Å². The highest BCUT2D eigenvalue weighted by molar-refractivity contribution is 5.60. The molecule has 0 bridgehead atoms. The number of aliphatic hydroxyl groups excluding tert-OH is 1. The second-order valence-corrected chi connectivity index (χ2v) is 5.82. The van der Waals surface area contributed by atoms with Crippen LogP contribution in [0.25, 0.3) is 0 Å². The summed E-state index contributed by atoms with van der Waals surface area (Å²) in [6.07, 6.45) is 6.55. The van der Waals surface area contributed by atoms with Gasteiger partial charge < -0.3 is 10.0 Å². The minimum atomic E-state index is 0.302. The van der Waals surface area contributed by atoms with Gasteiger partial charge in [-0.2, -0.15) is 0 Å².